The van der Waals surface area contributed by atoms with Crippen LogP contribution in [-0.2, 0) is 15.4 Å². The topological polar surface area (TPSA) is 118 Å². The molecule has 0 bridgehead atoms. The van der Waals surface area contributed by atoms with Crippen LogP contribution < -0.4 is 15.8 Å². The number of anilines is 2. The molecule has 0 unspecified atom stereocenters. The summed E-state index contributed by atoms with van der Waals surface area (Å²) in [6.07, 6.45) is 0. The second-order valence-electron chi connectivity index (χ2n) is 8.50. The van der Waals surface area contributed by atoms with Gasteiger partial charge in [-0.15, -0.1) is 0 Å². The van der Waals surface area contributed by atoms with Crippen molar-refractivity contribution in [1.82, 2.24) is 0 Å². The summed E-state index contributed by atoms with van der Waals surface area (Å²) >= 11 is 6.07. The summed E-state index contributed by atoms with van der Waals surface area (Å²) in [5.41, 5.74) is 2.07. The smallest absolute Gasteiger partial charge is 0.257 e. The number of rotatable bonds is 5. The summed E-state index contributed by atoms with van der Waals surface area (Å²) in [5.74, 6) is -0.967. The van der Waals surface area contributed by atoms with Crippen molar-refractivity contribution in [3.63, 3.8) is 0 Å². The highest BCUT2D eigenvalue weighted by molar-refractivity contribution is 7.89. The number of amides is 2. The van der Waals surface area contributed by atoms with Crippen molar-refractivity contribution in [2.45, 2.75) is 31.1 Å². The molecule has 172 valence electrons. The average molecular weight is 486 g/mol. The molecular formula is C24H24ClN3O4S. The average Bonchev–Trinajstić information content (AvgIpc) is 2.74. The fraction of sp³-hybridized carbons (Fsp3) is 0.167. The second kappa shape index (κ2) is 9.35. The van der Waals surface area contributed by atoms with Crippen molar-refractivity contribution >= 4 is 44.8 Å². The third kappa shape index (κ3) is 6.19. The number of primary sulfonamides is 1. The lowest BCUT2D eigenvalue weighted by Crippen LogP contribution is -2.19. The van der Waals surface area contributed by atoms with Gasteiger partial charge in [0.2, 0.25) is 10.0 Å². The summed E-state index contributed by atoms with van der Waals surface area (Å²) in [4.78, 5) is 25.6. The lowest BCUT2D eigenvalue weighted by Gasteiger charge is -2.19. The van der Waals surface area contributed by atoms with Crippen LogP contribution in [-0.4, -0.2) is 20.2 Å². The maximum atomic E-state index is 12.9. The largest absolute Gasteiger partial charge is 0.322 e. The Morgan fingerprint density at radius 2 is 1.55 bits per heavy atom. The quantitative estimate of drug-likeness (QED) is 0.481. The van der Waals surface area contributed by atoms with E-state index in [1.54, 1.807) is 18.2 Å². The molecule has 7 nitrogen and oxygen atoms in total. The van der Waals surface area contributed by atoms with Gasteiger partial charge in [0.05, 0.1) is 16.1 Å². The summed E-state index contributed by atoms with van der Waals surface area (Å²) in [5, 5.41) is 10.8. The lowest BCUT2D eigenvalue weighted by atomic mass is 9.86. The Morgan fingerprint density at radius 3 is 2.15 bits per heavy atom. The maximum absolute atomic E-state index is 12.9. The van der Waals surface area contributed by atoms with E-state index in [4.69, 9.17) is 16.7 Å². The standard InChI is InChI=1S/C24H24ClN3O4S/c1-24(2,3)16-9-7-15(8-10-16)22(29)28-21-12-11-17(25)13-20(21)23(30)27-18-5-4-6-19(14-18)33(26,31)32/h4-14H,1-3H3,(H,27,30)(H,28,29)(H2,26,31,32). The van der Waals surface area contributed by atoms with Crippen molar-refractivity contribution in [2.24, 2.45) is 5.14 Å². The second-order valence-corrected chi connectivity index (χ2v) is 10.5. The Kier molecular flexibility index (Phi) is 6.92. The van der Waals surface area contributed by atoms with Crippen LogP contribution >= 0.6 is 11.6 Å². The molecule has 0 saturated carbocycles. The van der Waals surface area contributed by atoms with E-state index >= 15 is 0 Å². The Balaban J connectivity index is 1.84. The fourth-order valence-electron chi connectivity index (χ4n) is 3.08. The molecule has 0 aliphatic rings. The van der Waals surface area contributed by atoms with Gasteiger partial charge in [-0.3, -0.25) is 9.59 Å². The van der Waals surface area contributed by atoms with Crippen molar-refractivity contribution < 1.29 is 18.0 Å². The molecule has 9 heteroatoms. The van der Waals surface area contributed by atoms with E-state index < -0.39 is 15.9 Å². The van der Waals surface area contributed by atoms with Crippen molar-refractivity contribution in [2.75, 3.05) is 10.6 Å². The molecule has 0 aliphatic heterocycles. The predicted octanol–water partition coefficient (Wildman–Crippen LogP) is 4.79. The van der Waals surface area contributed by atoms with Gasteiger partial charge in [-0.1, -0.05) is 50.6 Å². The van der Waals surface area contributed by atoms with Gasteiger partial charge in [0, 0.05) is 16.3 Å². The monoisotopic (exact) mass is 485 g/mol. The molecule has 0 saturated heterocycles. The molecule has 0 atom stereocenters. The van der Waals surface area contributed by atoms with Crippen LogP contribution in [0.1, 0.15) is 47.1 Å². The van der Waals surface area contributed by atoms with Gasteiger partial charge >= 0.3 is 0 Å². The molecule has 2 amide bonds. The van der Waals surface area contributed by atoms with Gasteiger partial charge in [-0.25, -0.2) is 13.6 Å². The predicted molar refractivity (Wildman–Crippen MR) is 130 cm³/mol. The molecule has 0 fully saturated rings. The number of halogens is 1. The molecule has 4 N–H and O–H groups in total. The van der Waals surface area contributed by atoms with Crippen LogP contribution in [0.15, 0.2) is 71.6 Å². The number of carbonyl (C=O) groups excluding carboxylic acids is 2. The Morgan fingerprint density at radius 1 is 0.879 bits per heavy atom. The lowest BCUT2D eigenvalue weighted by molar-refractivity contribution is 0.102. The van der Waals surface area contributed by atoms with Crippen LogP contribution in [0.4, 0.5) is 11.4 Å². The van der Waals surface area contributed by atoms with Gasteiger partial charge in [0.25, 0.3) is 11.8 Å². The third-order valence-electron chi connectivity index (χ3n) is 4.91. The molecule has 0 radical (unpaired) electrons. The van der Waals surface area contributed by atoms with E-state index in [1.165, 1.54) is 36.4 Å². The molecule has 0 spiro atoms. The van der Waals surface area contributed by atoms with Crippen LogP contribution in [0.3, 0.4) is 0 Å². The SMILES string of the molecule is CC(C)(C)c1ccc(C(=O)Nc2ccc(Cl)cc2C(=O)Nc2cccc(S(N)(=O)=O)c2)cc1. The Bertz CT molecular complexity index is 1310. The van der Waals surface area contributed by atoms with E-state index in [9.17, 15) is 18.0 Å². The van der Waals surface area contributed by atoms with E-state index in [-0.39, 0.29) is 33.2 Å². The zero-order valence-electron chi connectivity index (χ0n) is 18.3. The minimum Gasteiger partial charge on any atom is -0.322 e. The number of hydrogen-bond donors (Lipinski definition) is 3. The normalized spacial score (nSPS) is 11.7. The zero-order chi connectivity index (χ0) is 24.4. The highest BCUT2D eigenvalue weighted by Gasteiger charge is 2.18. The first-order chi connectivity index (χ1) is 15.3. The zero-order valence-corrected chi connectivity index (χ0v) is 19.9. The van der Waals surface area contributed by atoms with Crippen molar-refractivity contribution in [1.29, 1.82) is 0 Å². The van der Waals surface area contributed by atoms with E-state index in [1.807, 2.05) is 12.1 Å². The summed E-state index contributed by atoms with van der Waals surface area (Å²) in [6.45, 7) is 6.25. The first-order valence-electron chi connectivity index (χ1n) is 10.0. The highest BCUT2D eigenvalue weighted by Crippen LogP contribution is 2.25. The third-order valence-corrected chi connectivity index (χ3v) is 6.05. The Labute approximate surface area is 198 Å². The first-order valence-corrected chi connectivity index (χ1v) is 11.9. The van der Waals surface area contributed by atoms with Crippen LogP contribution in [0.5, 0.6) is 0 Å². The fourth-order valence-corrected chi connectivity index (χ4v) is 3.81. The van der Waals surface area contributed by atoms with Gasteiger partial charge in [0.15, 0.2) is 0 Å². The summed E-state index contributed by atoms with van der Waals surface area (Å²) < 4.78 is 23.1. The van der Waals surface area contributed by atoms with Crippen molar-refractivity contribution in [3.8, 4) is 0 Å². The number of carbonyl (C=O) groups is 2. The molecular weight excluding hydrogens is 462 g/mol. The molecule has 3 aromatic rings. The Hall–Kier alpha value is -3.20. The summed E-state index contributed by atoms with van der Waals surface area (Å²) in [7, 11) is -3.93. The van der Waals surface area contributed by atoms with E-state index in [0.717, 1.165) is 5.56 Å². The maximum Gasteiger partial charge on any atom is 0.257 e. The number of nitrogens with two attached hydrogens (primary N) is 1. The van der Waals surface area contributed by atoms with E-state index in [2.05, 4.69) is 31.4 Å². The molecule has 0 aliphatic carbocycles. The van der Waals surface area contributed by atoms with Crippen LogP contribution in [0, 0.1) is 0 Å². The van der Waals surface area contributed by atoms with Crippen LogP contribution in [0.25, 0.3) is 0 Å². The molecule has 3 aromatic carbocycles. The minimum absolute atomic E-state index is 0.0447. The number of hydrogen-bond acceptors (Lipinski definition) is 4. The number of nitrogens with one attached hydrogen (secondary N) is 2. The first kappa shape index (κ1) is 24.4. The van der Waals surface area contributed by atoms with Gasteiger partial charge in [-0.2, -0.15) is 0 Å². The van der Waals surface area contributed by atoms with Gasteiger partial charge < -0.3 is 10.6 Å². The van der Waals surface area contributed by atoms with Gasteiger partial charge in [-0.05, 0) is 59.5 Å². The molecule has 33 heavy (non-hydrogen) atoms. The molecule has 0 aromatic heterocycles. The van der Waals surface area contributed by atoms with Gasteiger partial charge in [0.1, 0.15) is 0 Å². The highest BCUT2D eigenvalue weighted by atomic mass is 35.5. The van der Waals surface area contributed by atoms with Crippen LogP contribution in [0.2, 0.25) is 5.02 Å². The number of benzene rings is 3. The van der Waals surface area contributed by atoms with E-state index in [0.29, 0.717) is 10.6 Å². The molecule has 0 heterocycles. The van der Waals surface area contributed by atoms with Crippen molar-refractivity contribution in [3.05, 3.63) is 88.4 Å². The summed E-state index contributed by atoms with van der Waals surface area (Å²) in [6, 6.07) is 17.3. The molecule has 3 rings (SSSR count). The minimum atomic E-state index is -3.93. The number of sulfonamides is 1.